The van der Waals surface area contributed by atoms with Gasteiger partial charge >= 0.3 is 0 Å². The van der Waals surface area contributed by atoms with Gasteiger partial charge in [-0.15, -0.1) is 0 Å². The molecular formula is C63H40N6. The van der Waals surface area contributed by atoms with Crippen LogP contribution in [0.2, 0.25) is 0 Å². The average Bonchev–Trinajstić information content (AvgIpc) is 4.07. The third-order valence-electron chi connectivity index (χ3n) is 13.7. The number of hydrogen-bond donors (Lipinski definition) is 0. The van der Waals surface area contributed by atoms with Crippen LogP contribution in [0.4, 0.5) is 0 Å². The van der Waals surface area contributed by atoms with Crippen LogP contribution in [0.1, 0.15) is 0 Å². The van der Waals surface area contributed by atoms with Gasteiger partial charge in [0.05, 0.1) is 33.1 Å². The van der Waals surface area contributed by atoms with Gasteiger partial charge in [0.1, 0.15) is 0 Å². The molecule has 0 spiro atoms. The second-order valence-corrected chi connectivity index (χ2v) is 17.6. The van der Waals surface area contributed by atoms with E-state index in [1.807, 2.05) is 6.07 Å². The van der Waals surface area contributed by atoms with E-state index in [-0.39, 0.29) is 0 Å². The van der Waals surface area contributed by atoms with E-state index in [4.69, 9.17) is 15.0 Å². The number of fused-ring (bicyclic) bond motifs is 10. The Morgan fingerprint density at radius 1 is 0.232 bits per heavy atom. The van der Waals surface area contributed by atoms with E-state index in [0.717, 1.165) is 61.4 Å². The molecule has 0 fully saturated rings. The zero-order valence-electron chi connectivity index (χ0n) is 37.3. The number of benzene rings is 10. The first kappa shape index (κ1) is 38.8. The van der Waals surface area contributed by atoms with Crippen molar-refractivity contribution in [1.82, 2.24) is 28.7 Å². The van der Waals surface area contributed by atoms with Gasteiger partial charge in [0.2, 0.25) is 0 Å². The van der Waals surface area contributed by atoms with E-state index >= 15 is 0 Å². The monoisotopic (exact) mass is 880 g/mol. The topological polar surface area (TPSA) is 53.5 Å². The van der Waals surface area contributed by atoms with Crippen molar-refractivity contribution in [2.24, 2.45) is 0 Å². The molecule has 0 aliphatic rings. The lowest BCUT2D eigenvalue weighted by atomic mass is 10.0. The molecule has 6 heteroatoms. The summed E-state index contributed by atoms with van der Waals surface area (Å²) in [5.41, 5.74) is 15.2. The van der Waals surface area contributed by atoms with Crippen LogP contribution in [0.5, 0.6) is 0 Å². The highest BCUT2D eigenvalue weighted by molar-refractivity contribution is 6.26. The molecule has 0 unspecified atom stereocenters. The summed E-state index contributed by atoms with van der Waals surface area (Å²) in [4.78, 5) is 15.7. The molecule has 0 aliphatic heterocycles. The quantitative estimate of drug-likeness (QED) is 0.160. The van der Waals surface area contributed by atoms with Gasteiger partial charge in [-0.1, -0.05) is 164 Å². The second-order valence-electron chi connectivity index (χ2n) is 17.6. The van der Waals surface area contributed by atoms with E-state index in [1.54, 1.807) is 0 Å². The Hall–Kier alpha value is -9.39. The molecule has 0 atom stereocenters. The lowest BCUT2D eigenvalue weighted by molar-refractivity contribution is 1.07. The van der Waals surface area contributed by atoms with Gasteiger partial charge in [-0.3, -0.25) is 0 Å². The molecule has 14 aromatic rings. The SMILES string of the molecule is c1ccc(-c2ccc(-c3nc(-c4ccc(-n5c6ccccc6c6ccc7c(c8ccccc8n7-c7ccccc7)c65)cc4)nc(-c4cccc(-n5c6ccccc6c6ccccc65)c4)n3)cc2)cc1. The van der Waals surface area contributed by atoms with Gasteiger partial charge in [0.15, 0.2) is 17.5 Å². The average molecular weight is 881 g/mol. The van der Waals surface area contributed by atoms with Gasteiger partial charge < -0.3 is 13.7 Å². The number of hydrogen-bond acceptors (Lipinski definition) is 3. The van der Waals surface area contributed by atoms with Gasteiger partial charge in [0, 0.05) is 66.1 Å². The molecule has 0 radical (unpaired) electrons. The predicted octanol–water partition coefficient (Wildman–Crippen LogP) is 15.8. The highest BCUT2D eigenvalue weighted by Gasteiger charge is 2.22. The van der Waals surface area contributed by atoms with Crippen LogP contribution >= 0.6 is 0 Å². The molecule has 0 saturated heterocycles. The zero-order valence-corrected chi connectivity index (χ0v) is 37.3. The van der Waals surface area contributed by atoms with Crippen molar-refractivity contribution in [3.63, 3.8) is 0 Å². The Labute approximate surface area is 397 Å². The summed E-state index contributed by atoms with van der Waals surface area (Å²) >= 11 is 0. The lowest BCUT2D eigenvalue weighted by Crippen LogP contribution is -2.01. The maximum atomic E-state index is 5.27. The van der Waals surface area contributed by atoms with Crippen molar-refractivity contribution >= 4 is 65.4 Å². The lowest BCUT2D eigenvalue weighted by Gasteiger charge is -2.13. The van der Waals surface area contributed by atoms with Gasteiger partial charge in [0.25, 0.3) is 0 Å². The molecule has 4 aromatic heterocycles. The molecule has 0 bridgehead atoms. The van der Waals surface area contributed by atoms with Crippen LogP contribution in [-0.2, 0) is 0 Å². The van der Waals surface area contributed by atoms with Crippen LogP contribution in [0, 0.1) is 0 Å². The Morgan fingerprint density at radius 3 is 1.26 bits per heavy atom. The van der Waals surface area contributed by atoms with Gasteiger partial charge in [-0.25, -0.2) is 15.0 Å². The summed E-state index contributed by atoms with van der Waals surface area (Å²) < 4.78 is 7.15. The van der Waals surface area contributed by atoms with E-state index in [1.165, 1.54) is 48.9 Å². The van der Waals surface area contributed by atoms with Crippen molar-refractivity contribution < 1.29 is 0 Å². The molecule has 0 N–H and O–H groups in total. The summed E-state index contributed by atoms with van der Waals surface area (Å²) in [5.74, 6) is 1.82. The first-order valence-electron chi connectivity index (χ1n) is 23.4. The van der Waals surface area contributed by atoms with Gasteiger partial charge in [-0.05, 0) is 90.0 Å². The zero-order chi connectivity index (χ0) is 45.4. The highest BCUT2D eigenvalue weighted by Crippen LogP contribution is 2.42. The van der Waals surface area contributed by atoms with E-state index in [2.05, 4.69) is 250 Å². The molecule has 6 nitrogen and oxygen atoms in total. The van der Waals surface area contributed by atoms with E-state index < -0.39 is 0 Å². The van der Waals surface area contributed by atoms with Crippen molar-refractivity contribution in [3.05, 3.63) is 243 Å². The first-order valence-corrected chi connectivity index (χ1v) is 23.4. The standard InChI is InChI=1S/C63H40N6/c1-3-16-41(17-4-1)42-30-32-43(33-31-42)61-64-62(66-63(65-61)45-18-15-21-48(40-45)68-54-26-11-7-22-49(54)50-23-8-12-27-55(50)68)44-34-36-47(37-35-44)69-56-28-13-9-24-51(56)52-38-39-58-59(60(52)69)53-25-10-14-29-57(53)67(58)46-19-5-2-6-20-46/h1-40H. The smallest absolute Gasteiger partial charge is 0.164 e. The first-order chi connectivity index (χ1) is 34.2. The summed E-state index contributed by atoms with van der Waals surface area (Å²) in [6, 6.07) is 86.1. The minimum absolute atomic E-state index is 0.603. The predicted molar refractivity (Wildman–Crippen MR) is 285 cm³/mol. The number of aromatic nitrogens is 6. The highest BCUT2D eigenvalue weighted by atomic mass is 15.0. The van der Waals surface area contributed by atoms with Crippen molar-refractivity contribution in [2.75, 3.05) is 0 Å². The minimum atomic E-state index is 0.603. The molecule has 0 amide bonds. The summed E-state index contributed by atoms with van der Waals surface area (Å²) in [6.45, 7) is 0. The second kappa shape index (κ2) is 15.6. The molecule has 69 heavy (non-hydrogen) atoms. The summed E-state index contributed by atoms with van der Waals surface area (Å²) in [5, 5.41) is 7.30. The van der Waals surface area contributed by atoms with Crippen LogP contribution < -0.4 is 0 Å². The largest absolute Gasteiger partial charge is 0.309 e. The van der Waals surface area contributed by atoms with Crippen LogP contribution in [0.25, 0.3) is 128 Å². The maximum Gasteiger partial charge on any atom is 0.164 e. The Kier molecular flexibility index (Phi) is 8.79. The fourth-order valence-electron chi connectivity index (χ4n) is 10.6. The number of nitrogens with zero attached hydrogens (tertiary/aromatic N) is 6. The van der Waals surface area contributed by atoms with Crippen molar-refractivity contribution in [2.45, 2.75) is 0 Å². The van der Waals surface area contributed by atoms with E-state index in [9.17, 15) is 0 Å². The molecule has 0 saturated carbocycles. The minimum Gasteiger partial charge on any atom is -0.309 e. The molecule has 0 aliphatic carbocycles. The van der Waals surface area contributed by atoms with Crippen LogP contribution in [-0.4, -0.2) is 28.7 Å². The molecule has 10 aromatic carbocycles. The fraction of sp³-hybridized carbons (Fsp3) is 0. The number of rotatable bonds is 7. The molecule has 14 rings (SSSR count). The normalized spacial score (nSPS) is 11.8. The summed E-state index contributed by atoms with van der Waals surface area (Å²) in [7, 11) is 0. The molecule has 322 valence electrons. The molecule has 4 heterocycles. The summed E-state index contributed by atoms with van der Waals surface area (Å²) in [6.07, 6.45) is 0. The number of para-hydroxylation sites is 5. The fourth-order valence-corrected chi connectivity index (χ4v) is 10.6. The molecular weight excluding hydrogens is 841 g/mol. The Morgan fingerprint density at radius 2 is 0.638 bits per heavy atom. The maximum absolute atomic E-state index is 5.27. The Bertz CT molecular complexity index is 4220. The van der Waals surface area contributed by atoms with Gasteiger partial charge in [-0.2, -0.15) is 0 Å². The Balaban J connectivity index is 0.936. The third kappa shape index (κ3) is 6.23. The van der Waals surface area contributed by atoms with Crippen LogP contribution in [0.3, 0.4) is 0 Å². The van der Waals surface area contributed by atoms with Crippen LogP contribution in [0.15, 0.2) is 243 Å². The van der Waals surface area contributed by atoms with E-state index in [0.29, 0.717) is 17.5 Å². The van der Waals surface area contributed by atoms with Crippen molar-refractivity contribution in [1.29, 1.82) is 0 Å². The third-order valence-corrected chi connectivity index (χ3v) is 13.7. The van der Waals surface area contributed by atoms with Crippen molar-refractivity contribution in [3.8, 4) is 62.4 Å².